The van der Waals surface area contributed by atoms with Crippen molar-refractivity contribution in [2.24, 2.45) is 5.92 Å². The van der Waals surface area contributed by atoms with Gasteiger partial charge in [-0.1, -0.05) is 0 Å². The molecule has 0 atom stereocenters. The second-order valence-electron chi connectivity index (χ2n) is 13.5. The molecule has 0 unspecified atom stereocenters. The molecule has 1 saturated heterocycles. The average Bonchev–Trinajstić information content (AvgIpc) is 2.96. The summed E-state index contributed by atoms with van der Waals surface area (Å²) in [5.74, 6) is 0.814. The number of fused-ring (bicyclic) bond motifs is 2. The van der Waals surface area contributed by atoms with Gasteiger partial charge in [-0.05, 0) is 109 Å². The number of amides is 2. The lowest BCUT2D eigenvalue weighted by molar-refractivity contribution is -0.294. The van der Waals surface area contributed by atoms with E-state index in [-0.39, 0.29) is 30.6 Å². The molecule has 0 aliphatic carbocycles. The van der Waals surface area contributed by atoms with Gasteiger partial charge in [0.05, 0.1) is 0 Å². The first-order valence-electron chi connectivity index (χ1n) is 15.6. The van der Waals surface area contributed by atoms with Gasteiger partial charge in [0, 0.05) is 65.7 Å². The largest absolute Gasteiger partial charge is 0.311 e. The van der Waals surface area contributed by atoms with Crippen LogP contribution in [0.15, 0.2) is 48.5 Å². The lowest BCUT2D eigenvalue weighted by Crippen LogP contribution is -2.59. The fourth-order valence-electron chi connectivity index (χ4n) is 6.52. The van der Waals surface area contributed by atoms with Crippen molar-refractivity contribution in [2.75, 3.05) is 30.3 Å². The fourth-order valence-corrected chi connectivity index (χ4v) is 6.52. The fraction of sp³-hybridized carbons (Fsp3) is 0.471. The quantitative estimate of drug-likeness (QED) is 0.241. The van der Waals surface area contributed by atoms with Gasteiger partial charge in [0.25, 0.3) is 0 Å². The van der Waals surface area contributed by atoms with Crippen LogP contribution >= 0.6 is 0 Å². The topological polar surface area (TPSA) is 136 Å². The molecule has 11 heteroatoms. The maximum atomic E-state index is 13.0. The van der Waals surface area contributed by atoms with Crippen molar-refractivity contribution in [3.8, 4) is 0 Å². The van der Waals surface area contributed by atoms with E-state index in [1.165, 1.54) is 5.06 Å². The molecule has 0 spiro atoms. The highest BCUT2D eigenvalue weighted by atomic mass is 16.5. The number of hydroxylamine groups is 2. The lowest BCUT2D eigenvalue weighted by atomic mass is 9.75. The minimum absolute atomic E-state index is 0.165. The Morgan fingerprint density at radius 1 is 0.733 bits per heavy atom. The number of aryl methyl sites for hydroxylation is 2. The summed E-state index contributed by atoms with van der Waals surface area (Å²) in [4.78, 5) is 46.2. The first-order valence-corrected chi connectivity index (χ1v) is 15.6. The Hall–Kier alpha value is -4.06. The number of anilines is 2. The minimum atomic E-state index is -0.505. The molecule has 11 nitrogen and oxygen atoms in total. The van der Waals surface area contributed by atoms with E-state index >= 15 is 0 Å². The summed E-state index contributed by atoms with van der Waals surface area (Å²) in [7, 11) is 0. The van der Waals surface area contributed by atoms with Crippen LogP contribution in [0.3, 0.4) is 0 Å². The van der Waals surface area contributed by atoms with E-state index in [4.69, 9.17) is 0 Å². The van der Waals surface area contributed by atoms with Gasteiger partial charge in [0.15, 0.2) is 11.3 Å². The summed E-state index contributed by atoms with van der Waals surface area (Å²) in [5.41, 5.74) is 1.87. The first kappa shape index (κ1) is 32.3. The second-order valence-corrected chi connectivity index (χ2v) is 13.5. The third kappa shape index (κ3) is 8.16. The van der Waals surface area contributed by atoms with Crippen molar-refractivity contribution < 1.29 is 14.8 Å². The molecule has 0 bridgehead atoms. The molecule has 1 radical (unpaired) electrons. The lowest BCUT2D eigenvalue weighted by Gasteiger charge is -2.50. The number of aromatic nitrogens is 4. The smallest absolute Gasteiger partial charge is 0.226 e. The molecule has 5 rings (SSSR count). The highest BCUT2D eigenvalue weighted by Crippen LogP contribution is 2.40. The molecule has 2 N–H and O–H groups in total. The van der Waals surface area contributed by atoms with E-state index in [9.17, 15) is 14.8 Å². The number of hydrogen-bond donors (Lipinski definition) is 2. The van der Waals surface area contributed by atoms with Gasteiger partial charge < -0.3 is 15.5 Å². The van der Waals surface area contributed by atoms with E-state index in [0.717, 1.165) is 35.0 Å². The van der Waals surface area contributed by atoms with E-state index in [2.05, 4.69) is 35.5 Å². The second kappa shape index (κ2) is 13.1. The highest BCUT2D eigenvalue weighted by molar-refractivity contribution is 5.92. The van der Waals surface area contributed by atoms with Crippen LogP contribution in [-0.2, 0) is 14.8 Å². The summed E-state index contributed by atoms with van der Waals surface area (Å²) in [6.07, 6.45) is 1.92. The van der Waals surface area contributed by atoms with E-state index in [0.29, 0.717) is 42.6 Å². The highest BCUT2D eigenvalue weighted by Gasteiger charge is 2.46. The van der Waals surface area contributed by atoms with Crippen molar-refractivity contribution in [1.82, 2.24) is 29.9 Å². The van der Waals surface area contributed by atoms with Crippen molar-refractivity contribution in [3.05, 3.63) is 59.9 Å². The Labute approximate surface area is 264 Å². The van der Waals surface area contributed by atoms with E-state index < -0.39 is 11.1 Å². The van der Waals surface area contributed by atoms with Crippen LogP contribution in [0.25, 0.3) is 22.1 Å². The van der Waals surface area contributed by atoms with Gasteiger partial charge in [-0.25, -0.2) is 19.9 Å². The number of nitrogens with zero attached hydrogens (tertiary/aromatic N) is 6. The average molecular weight is 612 g/mol. The van der Waals surface area contributed by atoms with E-state index in [1.54, 1.807) is 12.1 Å². The monoisotopic (exact) mass is 611 g/mol. The zero-order chi connectivity index (χ0) is 32.4. The zero-order valence-corrected chi connectivity index (χ0v) is 27.1. The number of pyridine rings is 4. The molecular weight excluding hydrogens is 568 g/mol. The van der Waals surface area contributed by atoms with Crippen molar-refractivity contribution >= 4 is 45.5 Å². The molecule has 2 amide bonds. The molecule has 4 aromatic rings. The Morgan fingerprint density at radius 2 is 1.16 bits per heavy atom. The number of carbonyl (C=O) groups is 2. The Bertz CT molecular complexity index is 1580. The number of carbonyl (C=O) groups excluding carboxylic acids is 2. The molecule has 45 heavy (non-hydrogen) atoms. The summed E-state index contributed by atoms with van der Waals surface area (Å²) in [6, 6.07) is 15.1. The van der Waals surface area contributed by atoms with Crippen LogP contribution in [0.2, 0.25) is 0 Å². The van der Waals surface area contributed by atoms with Crippen LogP contribution < -0.4 is 10.6 Å². The molecule has 1 aliphatic rings. The number of piperidine rings is 1. The molecule has 1 aliphatic heterocycles. The van der Waals surface area contributed by atoms with Gasteiger partial charge >= 0.3 is 0 Å². The van der Waals surface area contributed by atoms with E-state index in [1.807, 2.05) is 77.9 Å². The normalized spacial score (nSPS) is 16.7. The van der Waals surface area contributed by atoms with Crippen LogP contribution in [0.5, 0.6) is 0 Å². The maximum absolute atomic E-state index is 13.0. The molecule has 1 fully saturated rings. The Morgan fingerprint density at radius 3 is 1.60 bits per heavy atom. The van der Waals surface area contributed by atoms with Gasteiger partial charge in [0.1, 0.15) is 11.6 Å². The van der Waals surface area contributed by atoms with Crippen LogP contribution in [0.1, 0.15) is 64.8 Å². The Kier molecular flexibility index (Phi) is 9.43. The van der Waals surface area contributed by atoms with Gasteiger partial charge in [-0.2, -0.15) is 0 Å². The first-order chi connectivity index (χ1) is 21.3. The molecule has 237 valence electrons. The number of hydrogen-bond acceptors (Lipinski definition) is 8. The Balaban J connectivity index is 1.24. The van der Waals surface area contributed by atoms with Crippen LogP contribution in [0.4, 0.5) is 11.6 Å². The number of rotatable bonds is 10. The van der Waals surface area contributed by atoms with Crippen LogP contribution in [-0.4, -0.2) is 72.4 Å². The number of nitrogens with one attached hydrogen (secondary N) is 2. The zero-order valence-electron chi connectivity index (χ0n) is 27.1. The molecule has 4 aromatic heterocycles. The summed E-state index contributed by atoms with van der Waals surface area (Å²) in [5, 5.41) is 21.8. The van der Waals surface area contributed by atoms with Crippen LogP contribution in [0, 0.1) is 19.8 Å². The molecule has 5 heterocycles. The third-order valence-electron chi connectivity index (χ3n) is 8.42. The minimum Gasteiger partial charge on any atom is -0.311 e. The standard InChI is InChI=1S/C34H43N8O3/c1-22-7-9-25-11-13-27(39-31(25)35-22)37-29(43)15-17-41(21-24-19-33(3,4)42(45)34(5,6)20-24)18-16-30(44)38-28-14-12-26-10-8-23(2)36-32(26)40-28/h7-14,24H,15-21H2,1-6H3,(H,35,37,39,43)(H,36,38,40,44). The van der Waals surface area contributed by atoms with Crippen molar-refractivity contribution in [1.29, 1.82) is 0 Å². The molecule has 0 aromatic carbocycles. The summed E-state index contributed by atoms with van der Waals surface area (Å²) in [6.45, 7) is 13.3. The predicted octanol–water partition coefficient (Wildman–Crippen LogP) is 5.46. The SMILES string of the molecule is Cc1ccc2ccc(NC(=O)CCN(CCC(=O)Nc3ccc4ccc(C)nc4n3)CC3CC(C)(C)N([O])C(C)(C)C3)nc2n1. The van der Waals surface area contributed by atoms with Gasteiger partial charge in [-0.15, -0.1) is 10.3 Å². The summed E-state index contributed by atoms with van der Waals surface area (Å²) >= 11 is 0. The summed E-state index contributed by atoms with van der Waals surface area (Å²) < 4.78 is 0. The van der Waals surface area contributed by atoms with Crippen molar-refractivity contribution in [2.45, 2.75) is 78.3 Å². The maximum Gasteiger partial charge on any atom is 0.226 e. The van der Waals surface area contributed by atoms with Gasteiger partial charge in [-0.3, -0.25) is 9.59 Å². The van der Waals surface area contributed by atoms with Crippen molar-refractivity contribution in [3.63, 3.8) is 0 Å². The third-order valence-corrected chi connectivity index (χ3v) is 8.42. The molecule has 0 saturated carbocycles. The molecular formula is C34H43N8O3. The predicted molar refractivity (Wildman–Crippen MR) is 175 cm³/mol. The van der Waals surface area contributed by atoms with Gasteiger partial charge in [0.2, 0.25) is 11.8 Å².